The third-order valence-electron chi connectivity index (χ3n) is 2.48. The Morgan fingerprint density at radius 1 is 1.38 bits per heavy atom. The number of aromatic nitrogens is 3. The largest absolute Gasteiger partial charge is 0.348 e. The van der Waals surface area contributed by atoms with Gasteiger partial charge in [0.05, 0.1) is 12.2 Å². The van der Waals surface area contributed by atoms with E-state index in [1.54, 1.807) is 0 Å². The minimum Gasteiger partial charge on any atom is -0.348 e. The highest BCUT2D eigenvalue weighted by Crippen LogP contribution is 2.06. The van der Waals surface area contributed by atoms with Crippen molar-refractivity contribution in [3.05, 3.63) is 42.0 Å². The van der Waals surface area contributed by atoms with Crippen LogP contribution in [0.2, 0.25) is 0 Å². The average molecular weight is 218 g/mol. The van der Waals surface area contributed by atoms with Crippen LogP contribution in [-0.4, -0.2) is 20.4 Å². The zero-order chi connectivity index (χ0) is 11.5. The summed E-state index contributed by atoms with van der Waals surface area (Å²) in [5.41, 5.74) is 8.12. The lowest BCUT2D eigenvalue weighted by molar-refractivity contribution is 0.702. The molecular formula is C12H18N4. The van der Waals surface area contributed by atoms with E-state index in [2.05, 4.69) is 28.1 Å². The van der Waals surface area contributed by atoms with Crippen LogP contribution < -0.4 is 5.73 Å². The molecule has 86 valence electrons. The molecule has 16 heavy (non-hydrogen) atoms. The SMILES string of the molecule is CC(N)Cc1ccn(Cc2ccn(C)n2)c1. The summed E-state index contributed by atoms with van der Waals surface area (Å²) in [5, 5.41) is 4.35. The maximum Gasteiger partial charge on any atom is 0.0821 e. The Morgan fingerprint density at radius 3 is 2.81 bits per heavy atom. The van der Waals surface area contributed by atoms with E-state index in [0.717, 1.165) is 18.7 Å². The third-order valence-corrected chi connectivity index (χ3v) is 2.48. The van der Waals surface area contributed by atoms with Gasteiger partial charge in [-0.2, -0.15) is 5.10 Å². The molecule has 1 atom stereocenters. The number of nitrogens with two attached hydrogens (primary N) is 1. The Bertz CT molecular complexity index is 453. The lowest BCUT2D eigenvalue weighted by Crippen LogP contribution is -2.17. The fourth-order valence-electron chi connectivity index (χ4n) is 1.82. The second-order valence-electron chi connectivity index (χ2n) is 4.35. The van der Waals surface area contributed by atoms with Crippen LogP contribution in [0, 0.1) is 0 Å². The molecule has 0 amide bonds. The van der Waals surface area contributed by atoms with E-state index in [0.29, 0.717) is 0 Å². The van der Waals surface area contributed by atoms with Crippen LogP contribution >= 0.6 is 0 Å². The molecule has 2 N–H and O–H groups in total. The minimum absolute atomic E-state index is 0.214. The molecule has 2 aromatic heterocycles. The summed E-state index contributed by atoms with van der Waals surface area (Å²) < 4.78 is 3.96. The van der Waals surface area contributed by atoms with Gasteiger partial charge in [-0.3, -0.25) is 4.68 Å². The molecule has 0 fully saturated rings. The van der Waals surface area contributed by atoms with Gasteiger partial charge in [0.2, 0.25) is 0 Å². The molecule has 2 rings (SSSR count). The maximum absolute atomic E-state index is 5.76. The van der Waals surface area contributed by atoms with Crippen molar-refractivity contribution in [1.29, 1.82) is 0 Å². The van der Waals surface area contributed by atoms with E-state index in [1.165, 1.54) is 5.56 Å². The molecular weight excluding hydrogens is 200 g/mol. The number of hydrogen-bond donors (Lipinski definition) is 1. The second kappa shape index (κ2) is 4.53. The van der Waals surface area contributed by atoms with Gasteiger partial charge >= 0.3 is 0 Å². The molecule has 0 aliphatic rings. The quantitative estimate of drug-likeness (QED) is 0.837. The Morgan fingerprint density at radius 2 is 2.19 bits per heavy atom. The van der Waals surface area contributed by atoms with Crippen LogP contribution in [0.1, 0.15) is 18.2 Å². The highest BCUT2D eigenvalue weighted by atomic mass is 15.3. The zero-order valence-electron chi connectivity index (χ0n) is 9.80. The molecule has 4 heteroatoms. The smallest absolute Gasteiger partial charge is 0.0821 e. The molecule has 0 aliphatic carbocycles. The normalized spacial score (nSPS) is 12.9. The topological polar surface area (TPSA) is 48.8 Å². The van der Waals surface area contributed by atoms with Gasteiger partial charge in [-0.25, -0.2) is 0 Å². The molecule has 0 aromatic carbocycles. The molecule has 0 spiro atoms. The van der Waals surface area contributed by atoms with E-state index in [9.17, 15) is 0 Å². The van der Waals surface area contributed by atoms with E-state index in [1.807, 2.05) is 30.9 Å². The van der Waals surface area contributed by atoms with Crippen LogP contribution in [0.3, 0.4) is 0 Å². The number of rotatable bonds is 4. The van der Waals surface area contributed by atoms with Crippen LogP contribution in [0.4, 0.5) is 0 Å². The van der Waals surface area contributed by atoms with Crippen molar-refractivity contribution in [3.63, 3.8) is 0 Å². The summed E-state index contributed by atoms with van der Waals surface area (Å²) in [6.45, 7) is 2.84. The lowest BCUT2D eigenvalue weighted by atomic mass is 10.1. The fraction of sp³-hybridized carbons (Fsp3) is 0.417. The first-order valence-corrected chi connectivity index (χ1v) is 5.52. The lowest BCUT2D eigenvalue weighted by Gasteiger charge is -2.02. The molecule has 2 heterocycles. The Balaban J connectivity index is 2.02. The number of aryl methyl sites for hydroxylation is 1. The van der Waals surface area contributed by atoms with Crippen molar-refractivity contribution in [2.45, 2.75) is 25.9 Å². The average Bonchev–Trinajstić information content (AvgIpc) is 2.76. The standard InChI is InChI=1S/C12H18N4/c1-10(13)7-11-3-6-16(8-11)9-12-4-5-15(2)14-12/h3-6,8,10H,7,9,13H2,1-2H3. The van der Waals surface area contributed by atoms with Gasteiger partial charge in [-0.05, 0) is 31.0 Å². The summed E-state index contributed by atoms with van der Waals surface area (Å²) >= 11 is 0. The van der Waals surface area contributed by atoms with E-state index in [-0.39, 0.29) is 6.04 Å². The first-order chi connectivity index (χ1) is 7.63. The van der Waals surface area contributed by atoms with Crippen molar-refractivity contribution in [1.82, 2.24) is 14.3 Å². The van der Waals surface area contributed by atoms with Gasteiger partial charge in [0.15, 0.2) is 0 Å². The summed E-state index contributed by atoms with van der Waals surface area (Å²) in [4.78, 5) is 0. The highest BCUT2D eigenvalue weighted by Gasteiger charge is 2.02. The van der Waals surface area contributed by atoms with Crippen molar-refractivity contribution >= 4 is 0 Å². The van der Waals surface area contributed by atoms with Gasteiger partial charge in [0.1, 0.15) is 0 Å². The molecule has 0 bridgehead atoms. The Kier molecular flexibility index (Phi) is 3.10. The van der Waals surface area contributed by atoms with Gasteiger partial charge in [0, 0.05) is 31.7 Å². The van der Waals surface area contributed by atoms with Crippen LogP contribution in [0.5, 0.6) is 0 Å². The van der Waals surface area contributed by atoms with Crippen LogP contribution in [-0.2, 0) is 20.0 Å². The Labute approximate surface area is 95.7 Å². The monoisotopic (exact) mass is 218 g/mol. The van der Waals surface area contributed by atoms with Gasteiger partial charge < -0.3 is 10.3 Å². The molecule has 0 saturated heterocycles. The molecule has 1 unspecified atom stereocenters. The predicted molar refractivity (Wildman–Crippen MR) is 64.1 cm³/mol. The molecule has 0 radical (unpaired) electrons. The number of nitrogens with zero attached hydrogens (tertiary/aromatic N) is 3. The Hall–Kier alpha value is -1.55. The second-order valence-corrected chi connectivity index (χ2v) is 4.35. The fourth-order valence-corrected chi connectivity index (χ4v) is 1.82. The van der Waals surface area contributed by atoms with Crippen molar-refractivity contribution in [2.75, 3.05) is 0 Å². The summed E-state index contributed by atoms with van der Waals surface area (Å²) in [5.74, 6) is 0. The molecule has 0 saturated carbocycles. The summed E-state index contributed by atoms with van der Waals surface area (Å²) in [6.07, 6.45) is 7.10. The van der Waals surface area contributed by atoms with Crippen LogP contribution in [0.25, 0.3) is 0 Å². The van der Waals surface area contributed by atoms with Gasteiger partial charge in [0.25, 0.3) is 0 Å². The highest BCUT2D eigenvalue weighted by molar-refractivity contribution is 5.13. The zero-order valence-corrected chi connectivity index (χ0v) is 9.80. The number of hydrogen-bond acceptors (Lipinski definition) is 2. The summed E-state index contributed by atoms with van der Waals surface area (Å²) in [7, 11) is 1.93. The van der Waals surface area contributed by atoms with Gasteiger partial charge in [-0.1, -0.05) is 0 Å². The van der Waals surface area contributed by atoms with Crippen molar-refractivity contribution < 1.29 is 0 Å². The molecule has 2 aromatic rings. The molecule has 4 nitrogen and oxygen atoms in total. The first-order valence-electron chi connectivity index (χ1n) is 5.52. The van der Waals surface area contributed by atoms with E-state index in [4.69, 9.17) is 5.73 Å². The molecule has 0 aliphatic heterocycles. The van der Waals surface area contributed by atoms with E-state index >= 15 is 0 Å². The van der Waals surface area contributed by atoms with Crippen LogP contribution in [0.15, 0.2) is 30.7 Å². The predicted octanol–water partition coefficient (Wildman–Crippen LogP) is 1.16. The van der Waals surface area contributed by atoms with E-state index < -0.39 is 0 Å². The van der Waals surface area contributed by atoms with Crippen molar-refractivity contribution in [2.24, 2.45) is 12.8 Å². The maximum atomic E-state index is 5.76. The minimum atomic E-state index is 0.214. The third kappa shape index (κ3) is 2.73. The first kappa shape index (κ1) is 11.0. The summed E-state index contributed by atoms with van der Waals surface area (Å²) in [6, 6.07) is 4.36. The van der Waals surface area contributed by atoms with Crippen molar-refractivity contribution in [3.8, 4) is 0 Å². The van der Waals surface area contributed by atoms with Gasteiger partial charge in [-0.15, -0.1) is 0 Å².